The molecule has 0 radical (unpaired) electrons. The molecule has 28 heavy (non-hydrogen) atoms. The highest BCUT2D eigenvalue weighted by atomic mass is 35.5. The summed E-state index contributed by atoms with van der Waals surface area (Å²) in [7, 11) is 0. The van der Waals surface area contributed by atoms with E-state index < -0.39 is 22.4 Å². The Morgan fingerprint density at radius 1 is 1.43 bits per heavy atom. The molecule has 1 aliphatic carbocycles. The molecule has 0 spiro atoms. The van der Waals surface area contributed by atoms with Gasteiger partial charge in [0.15, 0.2) is 0 Å². The van der Waals surface area contributed by atoms with Crippen LogP contribution in [0.1, 0.15) is 57.3 Å². The minimum absolute atomic E-state index is 0.125. The average Bonchev–Trinajstić information content (AvgIpc) is 2.98. The number of nitro groups is 1. The van der Waals surface area contributed by atoms with Crippen LogP contribution in [-0.4, -0.2) is 16.7 Å². The van der Waals surface area contributed by atoms with Crippen LogP contribution in [0.3, 0.4) is 0 Å². The van der Waals surface area contributed by atoms with Gasteiger partial charge >= 0.3 is 0 Å². The summed E-state index contributed by atoms with van der Waals surface area (Å²) in [4.78, 5) is 36.4. The molecule has 0 fully saturated rings. The van der Waals surface area contributed by atoms with Crippen LogP contribution in [0.4, 0.5) is 10.7 Å². The summed E-state index contributed by atoms with van der Waals surface area (Å²) in [6.45, 7) is 2.14. The van der Waals surface area contributed by atoms with E-state index in [9.17, 15) is 19.7 Å². The Labute approximate surface area is 171 Å². The van der Waals surface area contributed by atoms with Crippen LogP contribution < -0.4 is 11.1 Å². The number of nitro benzene ring substituents is 1. The number of thiophene rings is 1. The molecule has 1 heterocycles. The van der Waals surface area contributed by atoms with E-state index in [0.717, 1.165) is 48.6 Å². The van der Waals surface area contributed by atoms with Gasteiger partial charge < -0.3 is 11.1 Å². The molecular formula is C19H20ClN3O4S. The first-order chi connectivity index (χ1) is 13.3. The number of fused-ring (bicyclic) bond motifs is 1. The molecule has 148 valence electrons. The van der Waals surface area contributed by atoms with Gasteiger partial charge in [0.25, 0.3) is 17.5 Å². The Morgan fingerprint density at radius 3 is 2.82 bits per heavy atom. The highest BCUT2D eigenvalue weighted by molar-refractivity contribution is 7.17. The molecule has 0 unspecified atom stereocenters. The van der Waals surface area contributed by atoms with E-state index in [1.54, 1.807) is 0 Å². The SMILES string of the molecule is CCC[C@H]1CCc2c(sc(NC(=O)c3ccc(Cl)cc3[N+](=O)[O-])c2C(N)=O)C1. The molecule has 1 aromatic carbocycles. The molecule has 1 atom stereocenters. The maximum Gasteiger partial charge on any atom is 0.283 e. The Balaban J connectivity index is 1.94. The molecule has 7 nitrogen and oxygen atoms in total. The number of nitrogens with two attached hydrogens (primary N) is 1. The first kappa shape index (κ1) is 20.3. The molecular weight excluding hydrogens is 402 g/mol. The van der Waals surface area contributed by atoms with Gasteiger partial charge in [-0.15, -0.1) is 11.3 Å². The van der Waals surface area contributed by atoms with Crippen molar-refractivity contribution in [2.24, 2.45) is 11.7 Å². The number of rotatable bonds is 6. The second-order valence-corrected chi connectivity index (χ2v) is 8.38. The lowest BCUT2D eigenvalue weighted by Gasteiger charge is -2.21. The molecule has 0 saturated heterocycles. The van der Waals surface area contributed by atoms with Crippen LogP contribution in [0.15, 0.2) is 18.2 Å². The van der Waals surface area contributed by atoms with E-state index in [1.807, 2.05) is 0 Å². The van der Waals surface area contributed by atoms with Gasteiger partial charge in [0, 0.05) is 16.0 Å². The van der Waals surface area contributed by atoms with Gasteiger partial charge in [-0.1, -0.05) is 31.4 Å². The van der Waals surface area contributed by atoms with Crippen molar-refractivity contribution in [3.8, 4) is 0 Å². The van der Waals surface area contributed by atoms with Crippen LogP contribution in [0, 0.1) is 16.0 Å². The Kier molecular flexibility index (Phi) is 6.00. The van der Waals surface area contributed by atoms with Crippen molar-refractivity contribution in [3.63, 3.8) is 0 Å². The van der Waals surface area contributed by atoms with Crippen molar-refractivity contribution in [1.82, 2.24) is 0 Å². The second kappa shape index (κ2) is 8.28. The standard InChI is InChI=1S/C19H20ClN3O4S/c1-2-3-10-4-6-13-15(8-10)28-19(16(13)17(21)24)22-18(25)12-7-5-11(20)9-14(12)23(26)27/h5,7,9-10H,2-4,6,8H2,1H3,(H2,21,24)(H,22,25)/t10-/m0/s1. The first-order valence-electron chi connectivity index (χ1n) is 9.01. The number of hydrogen-bond acceptors (Lipinski definition) is 5. The summed E-state index contributed by atoms with van der Waals surface area (Å²) in [6.07, 6.45) is 4.78. The summed E-state index contributed by atoms with van der Waals surface area (Å²) in [5.74, 6) is -0.723. The minimum Gasteiger partial charge on any atom is -0.365 e. The fraction of sp³-hybridized carbons (Fsp3) is 0.368. The lowest BCUT2D eigenvalue weighted by molar-refractivity contribution is -0.385. The molecule has 1 aromatic heterocycles. The number of carbonyl (C=O) groups excluding carboxylic acids is 2. The predicted octanol–water partition coefficient (Wildman–Crippen LogP) is 4.57. The Hall–Kier alpha value is -2.45. The highest BCUT2D eigenvalue weighted by Crippen LogP contribution is 2.41. The zero-order valence-electron chi connectivity index (χ0n) is 15.3. The maximum absolute atomic E-state index is 12.7. The quantitative estimate of drug-likeness (QED) is 0.525. The van der Waals surface area contributed by atoms with Crippen molar-refractivity contribution in [2.45, 2.75) is 39.0 Å². The average molecular weight is 422 g/mol. The summed E-state index contributed by atoms with van der Waals surface area (Å²) >= 11 is 7.14. The van der Waals surface area contributed by atoms with Gasteiger partial charge in [-0.3, -0.25) is 19.7 Å². The number of nitrogens with zero attached hydrogens (tertiary/aromatic N) is 1. The maximum atomic E-state index is 12.7. The molecule has 0 bridgehead atoms. The lowest BCUT2D eigenvalue weighted by atomic mass is 9.84. The van der Waals surface area contributed by atoms with Crippen molar-refractivity contribution in [2.75, 3.05) is 5.32 Å². The smallest absolute Gasteiger partial charge is 0.283 e. The van der Waals surface area contributed by atoms with E-state index in [0.29, 0.717) is 16.5 Å². The van der Waals surface area contributed by atoms with Crippen molar-refractivity contribution >= 4 is 45.4 Å². The third-order valence-electron chi connectivity index (χ3n) is 4.94. The van der Waals surface area contributed by atoms with E-state index >= 15 is 0 Å². The molecule has 3 rings (SSSR count). The Bertz CT molecular complexity index is 957. The van der Waals surface area contributed by atoms with E-state index in [-0.39, 0.29) is 10.6 Å². The molecule has 2 aromatic rings. The zero-order valence-corrected chi connectivity index (χ0v) is 16.9. The van der Waals surface area contributed by atoms with Gasteiger partial charge in [0.1, 0.15) is 10.6 Å². The van der Waals surface area contributed by atoms with Crippen LogP contribution in [-0.2, 0) is 12.8 Å². The number of carbonyl (C=O) groups is 2. The minimum atomic E-state index is -0.672. The zero-order chi connectivity index (χ0) is 20.4. The van der Waals surface area contributed by atoms with E-state index in [1.165, 1.54) is 23.5 Å². The summed E-state index contributed by atoms with van der Waals surface area (Å²) in [5, 5.41) is 14.4. The molecule has 9 heteroatoms. The molecule has 3 N–H and O–H groups in total. The monoisotopic (exact) mass is 421 g/mol. The second-order valence-electron chi connectivity index (χ2n) is 6.84. The molecule has 1 aliphatic rings. The number of anilines is 1. The van der Waals surface area contributed by atoms with Gasteiger partial charge in [0.2, 0.25) is 0 Å². The molecule has 0 saturated carbocycles. The van der Waals surface area contributed by atoms with E-state index in [4.69, 9.17) is 17.3 Å². The normalized spacial score (nSPS) is 15.7. The number of amides is 2. The number of benzene rings is 1. The predicted molar refractivity (Wildman–Crippen MR) is 109 cm³/mol. The van der Waals surface area contributed by atoms with Crippen molar-refractivity contribution < 1.29 is 14.5 Å². The fourth-order valence-corrected chi connectivity index (χ4v) is 5.20. The van der Waals surface area contributed by atoms with Gasteiger partial charge in [-0.05, 0) is 42.9 Å². The third kappa shape index (κ3) is 4.02. The van der Waals surface area contributed by atoms with Crippen LogP contribution in [0.2, 0.25) is 5.02 Å². The first-order valence-corrected chi connectivity index (χ1v) is 10.2. The van der Waals surface area contributed by atoms with Crippen LogP contribution in [0.5, 0.6) is 0 Å². The molecule has 2 amide bonds. The lowest BCUT2D eigenvalue weighted by Crippen LogP contribution is -2.20. The van der Waals surface area contributed by atoms with Crippen molar-refractivity contribution in [3.05, 3.63) is 54.9 Å². The fourth-order valence-electron chi connectivity index (χ4n) is 3.68. The van der Waals surface area contributed by atoms with Gasteiger partial charge in [0.05, 0.1) is 10.5 Å². The van der Waals surface area contributed by atoms with Gasteiger partial charge in [-0.2, -0.15) is 0 Å². The topological polar surface area (TPSA) is 115 Å². The number of halogens is 1. The summed E-state index contributed by atoms with van der Waals surface area (Å²) in [6, 6.07) is 3.83. The number of nitrogens with one attached hydrogen (secondary N) is 1. The molecule has 0 aliphatic heterocycles. The Morgan fingerprint density at radius 2 is 2.18 bits per heavy atom. The summed E-state index contributed by atoms with van der Waals surface area (Å²) < 4.78 is 0. The van der Waals surface area contributed by atoms with E-state index in [2.05, 4.69) is 12.2 Å². The van der Waals surface area contributed by atoms with Crippen molar-refractivity contribution in [1.29, 1.82) is 0 Å². The largest absolute Gasteiger partial charge is 0.365 e. The number of hydrogen-bond donors (Lipinski definition) is 2. The number of primary amides is 1. The van der Waals surface area contributed by atoms with Crippen LogP contribution in [0.25, 0.3) is 0 Å². The van der Waals surface area contributed by atoms with Crippen LogP contribution >= 0.6 is 22.9 Å². The third-order valence-corrected chi connectivity index (χ3v) is 6.34. The highest BCUT2D eigenvalue weighted by Gasteiger charge is 2.29. The summed E-state index contributed by atoms with van der Waals surface area (Å²) in [5.41, 5.74) is 6.27. The van der Waals surface area contributed by atoms with Gasteiger partial charge in [-0.25, -0.2) is 0 Å².